The van der Waals surface area contributed by atoms with Gasteiger partial charge in [-0.3, -0.25) is 14.7 Å². The number of amides is 1. The monoisotopic (exact) mass is 393 g/mol. The van der Waals surface area contributed by atoms with Gasteiger partial charge >= 0.3 is 0 Å². The van der Waals surface area contributed by atoms with E-state index in [9.17, 15) is 9.90 Å². The number of aromatic hydroxyl groups is 1. The van der Waals surface area contributed by atoms with E-state index in [1.165, 1.54) is 12.7 Å². The molecule has 0 radical (unpaired) electrons. The van der Waals surface area contributed by atoms with Crippen LogP contribution in [0.5, 0.6) is 11.5 Å². The molecule has 1 amide bonds. The van der Waals surface area contributed by atoms with Gasteiger partial charge < -0.3 is 15.2 Å². The fraction of sp³-hybridized carbons (Fsp3) is 0.391. The molecule has 0 spiro atoms. The van der Waals surface area contributed by atoms with Crippen molar-refractivity contribution in [3.63, 3.8) is 0 Å². The minimum absolute atomic E-state index is 0.0830. The van der Waals surface area contributed by atoms with Crippen LogP contribution in [0.15, 0.2) is 48.8 Å². The predicted molar refractivity (Wildman–Crippen MR) is 112 cm³/mol. The van der Waals surface area contributed by atoms with Crippen LogP contribution in [0.25, 0.3) is 6.08 Å². The van der Waals surface area contributed by atoms with Crippen molar-refractivity contribution in [1.29, 1.82) is 0 Å². The molecule has 1 aromatic carbocycles. The van der Waals surface area contributed by atoms with Crippen molar-refractivity contribution in [1.82, 2.24) is 15.2 Å². The fourth-order valence-electron chi connectivity index (χ4n) is 4.56. The summed E-state index contributed by atoms with van der Waals surface area (Å²) < 4.78 is 5.12. The number of carbonyl (C=O) groups excluding carboxylic acids is 1. The van der Waals surface area contributed by atoms with Gasteiger partial charge in [0.05, 0.1) is 7.11 Å². The van der Waals surface area contributed by atoms with Gasteiger partial charge in [-0.1, -0.05) is 12.1 Å². The zero-order chi connectivity index (χ0) is 20.2. The number of methoxy groups -OCH3 is 1. The molecule has 3 saturated heterocycles. The smallest absolute Gasteiger partial charge is 0.244 e. The maximum atomic E-state index is 12.7. The standard InChI is InChI=1S/C23H27N3O3/c1-29-21-14-16(4-6-20(21)27)5-7-22(28)25-23-18-8-11-26(12-9-18)19(23)13-17-3-2-10-24-15-17/h2-7,10,14-15,18-19,23,27H,8-9,11-13H2,1H3,(H,25,28). The minimum Gasteiger partial charge on any atom is -0.504 e. The summed E-state index contributed by atoms with van der Waals surface area (Å²) in [7, 11) is 1.51. The zero-order valence-electron chi connectivity index (χ0n) is 16.6. The number of pyridine rings is 1. The highest BCUT2D eigenvalue weighted by Gasteiger charge is 2.42. The third-order valence-electron chi connectivity index (χ3n) is 6.07. The van der Waals surface area contributed by atoms with Crippen LogP contribution in [0.4, 0.5) is 0 Å². The number of rotatable bonds is 6. The van der Waals surface area contributed by atoms with Crippen LogP contribution in [0.3, 0.4) is 0 Å². The van der Waals surface area contributed by atoms with Gasteiger partial charge in [-0.05, 0) is 73.7 Å². The van der Waals surface area contributed by atoms with Crippen molar-refractivity contribution in [3.8, 4) is 11.5 Å². The summed E-state index contributed by atoms with van der Waals surface area (Å²) in [6.45, 7) is 2.20. The number of hydrogen-bond donors (Lipinski definition) is 2. The van der Waals surface area contributed by atoms with Crippen LogP contribution in [0.1, 0.15) is 24.0 Å². The van der Waals surface area contributed by atoms with Crippen molar-refractivity contribution in [2.24, 2.45) is 5.92 Å². The normalized spacial score (nSPS) is 25.8. The lowest BCUT2D eigenvalue weighted by Gasteiger charge is -2.51. The van der Waals surface area contributed by atoms with Gasteiger partial charge in [-0.15, -0.1) is 0 Å². The summed E-state index contributed by atoms with van der Waals surface area (Å²) in [5, 5.41) is 13.0. The SMILES string of the molecule is COc1cc(C=CC(=O)NC2C3CCN(CC3)C2Cc2cccnc2)ccc1O. The maximum absolute atomic E-state index is 12.7. The molecule has 2 N–H and O–H groups in total. The highest BCUT2D eigenvalue weighted by molar-refractivity contribution is 5.92. The van der Waals surface area contributed by atoms with Gasteiger partial charge in [0.25, 0.3) is 0 Å². The summed E-state index contributed by atoms with van der Waals surface area (Å²) in [5.74, 6) is 0.904. The minimum atomic E-state index is -0.0908. The highest BCUT2D eigenvalue weighted by atomic mass is 16.5. The second-order valence-electron chi connectivity index (χ2n) is 7.81. The first-order chi connectivity index (χ1) is 14.1. The molecule has 2 aromatic rings. The van der Waals surface area contributed by atoms with E-state index in [0.29, 0.717) is 17.7 Å². The van der Waals surface area contributed by atoms with E-state index < -0.39 is 0 Å². The molecule has 2 unspecified atom stereocenters. The number of phenols is 1. The van der Waals surface area contributed by atoms with Crippen molar-refractivity contribution in [2.45, 2.75) is 31.3 Å². The Labute approximate surface area is 171 Å². The van der Waals surface area contributed by atoms with E-state index in [-0.39, 0.29) is 17.7 Å². The number of nitrogens with one attached hydrogen (secondary N) is 1. The molecule has 3 fully saturated rings. The summed E-state index contributed by atoms with van der Waals surface area (Å²) in [5.41, 5.74) is 2.01. The molecular weight excluding hydrogens is 366 g/mol. The molecule has 0 aliphatic carbocycles. The van der Waals surface area contributed by atoms with Crippen molar-refractivity contribution in [2.75, 3.05) is 20.2 Å². The first-order valence-electron chi connectivity index (χ1n) is 10.1. The summed E-state index contributed by atoms with van der Waals surface area (Å²) in [4.78, 5) is 19.4. The third kappa shape index (κ3) is 4.43. The Morgan fingerprint density at radius 2 is 2.17 bits per heavy atom. The Hall–Kier alpha value is -2.86. The lowest BCUT2D eigenvalue weighted by molar-refractivity contribution is -0.119. The Bertz CT molecular complexity index is 876. The molecule has 0 saturated carbocycles. The molecule has 5 rings (SSSR count). The molecule has 1 aromatic heterocycles. The summed E-state index contributed by atoms with van der Waals surface area (Å²) in [6, 6.07) is 9.54. The van der Waals surface area contributed by atoms with Crippen molar-refractivity contribution < 1.29 is 14.6 Å². The second-order valence-corrected chi connectivity index (χ2v) is 7.81. The van der Waals surface area contributed by atoms with E-state index in [1.807, 2.05) is 12.3 Å². The quantitative estimate of drug-likeness (QED) is 0.738. The van der Waals surface area contributed by atoms with E-state index >= 15 is 0 Å². The van der Waals surface area contributed by atoms with Gasteiger partial charge in [0, 0.05) is 30.6 Å². The number of aromatic nitrogens is 1. The Morgan fingerprint density at radius 3 is 2.90 bits per heavy atom. The van der Waals surface area contributed by atoms with Crippen LogP contribution in [0, 0.1) is 5.92 Å². The number of carbonyl (C=O) groups is 1. The number of piperidine rings is 3. The molecule has 2 bridgehead atoms. The van der Waals surface area contributed by atoms with E-state index in [1.54, 1.807) is 36.5 Å². The lowest BCUT2D eigenvalue weighted by Crippen LogP contribution is -2.64. The maximum Gasteiger partial charge on any atom is 0.244 e. The number of nitrogens with zero attached hydrogens (tertiary/aromatic N) is 2. The van der Waals surface area contributed by atoms with Gasteiger partial charge in [0.1, 0.15) is 0 Å². The molecule has 3 aliphatic heterocycles. The van der Waals surface area contributed by atoms with Gasteiger partial charge in [0.15, 0.2) is 11.5 Å². The Balaban J connectivity index is 1.45. The summed E-state index contributed by atoms with van der Waals surface area (Å²) in [6.07, 6.45) is 10.2. The molecule has 2 atom stereocenters. The van der Waals surface area contributed by atoms with E-state index in [2.05, 4.69) is 21.3 Å². The van der Waals surface area contributed by atoms with Gasteiger partial charge in [-0.2, -0.15) is 0 Å². The lowest BCUT2D eigenvalue weighted by atomic mass is 9.77. The molecule has 29 heavy (non-hydrogen) atoms. The molecule has 6 heteroatoms. The molecule has 4 heterocycles. The van der Waals surface area contributed by atoms with Crippen LogP contribution >= 0.6 is 0 Å². The predicted octanol–water partition coefficient (Wildman–Crippen LogP) is 2.63. The zero-order valence-corrected chi connectivity index (χ0v) is 16.6. The number of ether oxygens (including phenoxy) is 1. The van der Waals surface area contributed by atoms with Crippen molar-refractivity contribution in [3.05, 3.63) is 59.9 Å². The van der Waals surface area contributed by atoms with E-state index in [0.717, 1.165) is 37.9 Å². The first-order valence-corrected chi connectivity index (χ1v) is 10.1. The van der Waals surface area contributed by atoms with Crippen molar-refractivity contribution >= 4 is 12.0 Å². The first kappa shape index (κ1) is 19.5. The molecular formula is C23H27N3O3. The van der Waals surface area contributed by atoms with Crippen LogP contribution < -0.4 is 10.1 Å². The van der Waals surface area contributed by atoms with E-state index in [4.69, 9.17) is 4.74 Å². The topological polar surface area (TPSA) is 74.7 Å². The Kier molecular flexibility index (Phi) is 5.81. The average molecular weight is 393 g/mol. The fourth-order valence-corrected chi connectivity index (χ4v) is 4.56. The van der Waals surface area contributed by atoms with Crippen LogP contribution in [-0.4, -0.2) is 53.2 Å². The van der Waals surface area contributed by atoms with Gasteiger partial charge in [-0.25, -0.2) is 0 Å². The molecule has 3 aliphatic rings. The highest BCUT2D eigenvalue weighted by Crippen LogP contribution is 2.34. The Morgan fingerprint density at radius 1 is 1.34 bits per heavy atom. The molecule has 6 nitrogen and oxygen atoms in total. The third-order valence-corrected chi connectivity index (χ3v) is 6.07. The number of phenolic OH excluding ortho intramolecular Hbond substituents is 1. The number of benzene rings is 1. The second kappa shape index (κ2) is 8.66. The number of hydrogen-bond acceptors (Lipinski definition) is 5. The average Bonchev–Trinajstić information content (AvgIpc) is 2.76. The van der Waals surface area contributed by atoms with Gasteiger partial charge in [0.2, 0.25) is 5.91 Å². The molecule has 152 valence electrons. The summed E-state index contributed by atoms with van der Waals surface area (Å²) >= 11 is 0. The van der Waals surface area contributed by atoms with Crippen LogP contribution in [-0.2, 0) is 11.2 Å². The number of fused-ring (bicyclic) bond motifs is 3. The van der Waals surface area contributed by atoms with Crippen LogP contribution in [0.2, 0.25) is 0 Å². The largest absolute Gasteiger partial charge is 0.504 e.